The molecular weight excluding hydrogens is 309 g/mol. The number of halogens is 2. The van der Waals surface area contributed by atoms with E-state index >= 15 is 0 Å². The summed E-state index contributed by atoms with van der Waals surface area (Å²) in [4.78, 5) is 4.20. The van der Waals surface area contributed by atoms with Gasteiger partial charge in [0.1, 0.15) is 5.82 Å². The number of guanidine groups is 1. The van der Waals surface area contributed by atoms with Crippen molar-refractivity contribution in [2.45, 2.75) is 38.3 Å². The summed E-state index contributed by atoms with van der Waals surface area (Å²) < 4.78 is 14.0. The maximum Gasteiger partial charge on any atom is 0.191 e. The molecule has 0 spiro atoms. The standard InChI is InChI=1S/C14H19BrFN3/c1-17-14(19-13-4-2-3-5-13)18-9-10-6-11(15)8-12(16)7-10/h6-8,13H,2-5,9H2,1H3,(H2,17,18,19). The highest BCUT2D eigenvalue weighted by Gasteiger charge is 2.15. The van der Waals surface area contributed by atoms with Gasteiger partial charge in [-0.15, -0.1) is 0 Å². The van der Waals surface area contributed by atoms with Crippen LogP contribution in [0.25, 0.3) is 0 Å². The SMILES string of the molecule is CN=C(NCc1cc(F)cc(Br)c1)NC1CCCC1. The summed E-state index contributed by atoms with van der Waals surface area (Å²) in [7, 11) is 1.76. The lowest BCUT2D eigenvalue weighted by molar-refractivity contribution is 0.610. The van der Waals surface area contributed by atoms with Crippen molar-refractivity contribution < 1.29 is 4.39 Å². The van der Waals surface area contributed by atoms with Crippen molar-refractivity contribution in [2.75, 3.05) is 7.05 Å². The molecule has 1 aromatic carbocycles. The quantitative estimate of drug-likeness (QED) is 0.660. The van der Waals surface area contributed by atoms with Crippen LogP contribution in [0.5, 0.6) is 0 Å². The molecule has 2 rings (SSSR count). The van der Waals surface area contributed by atoms with Gasteiger partial charge >= 0.3 is 0 Å². The van der Waals surface area contributed by atoms with E-state index in [1.165, 1.54) is 37.8 Å². The number of hydrogen-bond acceptors (Lipinski definition) is 1. The molecule has 0 heterocycles. The van der Waals surface area contributed by atoms with Crippen LogP contribution in [0.4, 0.5) is 4.39 Å². The Morgan fingerprint density at radius 3 is 2.74 bits per heavy atom. The van der Waals surface area contributed by atoms with Gasteiger partial charge in [0, 0.05) is 24.1 Å². The summed E-state index contributed by atoms with van der Waals surface area (Å²) in [5.74, 6) is 0.553. The molecule has 0 unspecified atom stereocenters. The summed E-state index contributed by atoms with van der Waals surface area (Å²) in [6.45, 7) is 0.558. The van der Waals surface area contributed by atoms with Gasteiger partial charge in [-0.25, -0.2) is 4.39 Å². The second-order valence-electron chi connectivity index (χ2n) is 4.83. The number of nitrogens with zero attached hydrogens (tertiary/aromatic N) is 1. The first-order valence-corrected chi connectivity index (χ1v) is 7.39. The lowest BCUT2D eigenvalue weighted by Crippen LogP contribution is -2.41. The molecule has 1 aliphatic carbocycles. The van der Waals surface area contributed by atoms with Crippen molar-refractivity contribution in [3.63, 3.8) is 0 Å². The molecule has 2 N–H and O–H groups in total. The Kier molecular flexibility index (Phi) is 5.19. The summed E-state index contributed by atoms with van der Waals surface area (Å²) in [6.07, 6.45) is 4.97. The van der Waals surface area contributed by atoms with Crippen LogP contribution in [0.3, 0.4) is 0 Å². The molecule has 3 nitrogen and oxygen atoms in total. The number of aliphatic imine (C=N–C) groups is 1. The smallest absolute Gasteiger partial charge is 0.191 e. The third-order valence-electron chi connectivity index (χ3n) is 3.30. The van der Waals surface area contributed by atoms with Crippen LogP contribution in [0.15, 0.2) is 27.7 Å². The lowest BCUT2D eigenvalue weighted by atomic mass is 10.2. The monoisotopic (exact) mass is 327 g/mol. The molecule has 5 heteroatoms. The second-order valence-corrected chi connectivity index (χ2v) is 5.74. The number of rotatable bonds is 3. The molecular formula is C14H19BrFN3. The molecule has 0 aromatic heterocycles. The largest absolute Gasteiger partial charge is 0.354 e. The van der Waals surface area contributed by atoms with E-state index in [-0.39, 0.29) is 5.82 Å². The van der Waals surface area contributed by atoms with Crippen LogP contribution in [0.2, 0.25) is 0 Å². The number of hydrogen-bond donors (Lipinski definition) is 2. The van der Waals surface area contributed by atoms with Gasteiger partial charge in [0.2, 0.25) is 0 Å². The van der Waals surface area contributed by atoms with E-state index in [9.17, 15) is 4.39 Å². The van der Waals surface area contributed by atoms with Crippen molar-refractivity contribution in [3.05, 3.63) is 34.1 Å². The topological polar surface area (TPSA) is 36.4 Å². The van der Waals surface area contributed by atoms with Crippen molar-refractivity contribution in [3.8, 4) is 0 Å². The van der Waals surface area contributed by atoms with Crippen LogP contribution in [-0.2, 0) is 6.54 Å². The maximum absolute atomic E-state index is 13.3. The van der Waals surface area contributed by atoms with E-state index in [0.717, 1.165) is 16.0 Å². The fourth-order valence-corrected chi connectivity index (χ4v) is 2.87. The Labute approximate surface area is 121 Å². The molecule has 0 atom stereocenters. The predicted octanol–water partition coefficient (Wildman–Crippen LogP) is 3.20. The Morgan fingerprint density at radius 1 is 1.37 bits per heavy atom. The van der Waals surface area contributed by atoms with Gasteiger partial charge in [-0.3, -0.25) is 4.99 Å². The highest BCUT2D eigenvalue weighted by Crippen LogP contribution is 2.17. The van der Waals surface area contributed by atoms with Gasteiger partial charge in [-0.1, -0.05) is 28.8 Å². The van der Waals surface area contributed by atoms with Crippen LogP contribution in [-0.4, -0.2) is 19.0 Å². The summed E-state index contributed by atoms with van der Waals surface area (Å²) in [5.41, 5.74) is 0.890. The van der Waals surface area contributed by atoms with Gasteiger partial charge < -0.3 is 10.6 Å². The molecule has 1 fully saturated rings. The van der Waals surface area contributed by atoms with E-state index in [0.29, 0.717) is 12.6 Å². The fraction of sp³-hybridized carbons (Fsp3) is 0.500. The van der Waals surface area contributed by atoms with Crippen LogP contribution in [0, 0.1) is 5.82 Å². The minimum absolute atomic E-state index is 0.232. The average Bonchev–Trinajstić information content (AvgIpc) is 2.86. The Balaban J connectivity index is 1.88. The summed E-state index contributed by atoms with van der Waals surface area (Å²) in [5, 5.41) is 6.62. The predicted molar refractivity (Wildman–Crippen MR) is 79.7 cm³/mol. The van der Waals surface area contributed by atoms with Gasteiger partial charge in [-0.2, -0.15) is 0 Å². The molecule has 0 saturated heterocycles. The Morgan fingerprint density at radius 2 is 2.11 bits per heavy atom. The average molecular weight is 328 g/mol. The molecule has 0 aliphatic heterocycles. The van der Waals surface area contributed by atoms with E-state index in [1.54, 1.807) is 7.05 Å². The molecule has 104 valence electrons. The van der Waals surface area contributed by atoms with Crippen LogP contribution >= 0.6 is 15.9 Å². The Bertz CT molecular complexity index is 436. The zero-order chi connectivity index (χ0) is 13.7. The normalized spacial score (nSPS) is 16.7. The molecule has 19 heavy (non-hydrogen) atoms. The molecule has 0 radical (unpaired) electrons. The highest BCUT2D eigenvalue weighted by atomic mass is 79.9. The van der Waals surface area contributed by atoms with Crippen LogP contribution in [0.1, 0.15) is 31.2 Å². The van der Waals surface area contributed by atoms with E-state index in [4.69, 9.17) is 0 Å². The molecule has 1 aromatic rings. The zero-order valence-electron chi connectivity index (χ0n) is 11.0. The molecule has 1 saturated carbocycles. The van der Waals surface area contributed by atoms with Crippen LogP contribution < -0.4 is 10.6 Å². The first kappa shape index (κ1) is 14.3. The molecule has 0 bridgehead atoms. The van der Waals surface area contributed by atoms with Gasteiger partial charge in [0.05, 0.1) is 0 Å². The first-order valence-electron chi connectivity index (χ1n) is 6.59. The van der Waals surface area contributed by atoms with E-state index < -0.39 is 0 Å². The highest BCUT2D eigenvalue weighted by molar-refractivity contribution is 9.10. The minimum atomic E-state index is -0.232. The van der Waals surface area contributed by atoms with Gasteiger partial charge in [0.15, 0.2) is 5.96 Å². The third-order valence-corrected chi connectivity index (χ3v) is 3.76. The van der Waals surface area contributed by atoms with E-state index in [1.807, 2.05) is 6.07 Å². The van der Waals surface area contributed by atoms with Gasteiger partial charge in [-0.05, 0) is 36.6 Å². The van der Waals surface area contributed by atoms with Crippen molar-refractivity contribution in [1.82, 2.24) is 10.6 Å². The number of nitrogens with one attached hydrogen (secondary N) is 2. The van der Waals surface area contributed by atoms with E-state index in [2.05, 4.69) is 31.6 Å². The number of benzene rings is 1. The lowest BCUT2D eigenvalue weighted by Gasteiger charge is -2.17. The Hall–Kier alpha value is -1.10. The van der Waals surface area contributed by atoms with Crippen molar-refractivity contribution in [1.29, 1.82) is 0 Å². The molecule has 1 aliphatic rings. The first-order chi connectivity index (χ1) is 9.17. The van der Waals surface area contributed by atoms with Crippen molar-refractivity contribution in [2.24, 2.45) is 4.99 Å². The summed E-state index contributed by atoms with van der Waals surface area (Å²) in [6, 6.07) is 5.40. The molecule has 0 amide bonds. The fourth-order valence-electron chi connectivity index (χ4n) is 2.36. The minimum Gasteiger partial charge on any atom is -0.354 e. The second kappa shape index (κ2) is 6.89. The zero-order valence-corrected chi connectivity index (χ0v) is 12.6. The summed E-state index contributed by atoms with van der Waals surface area (Å²) >= 11 is 3.29. The van der Waals surface area contributed by atoms with Gasteiger partial charge in [0.25, 0.3) is 0 Å². The maximum atomic E-state index is 13.3. The van der Waals surface area contributed by atoms with Crippen molar-refractivity contribution >= 4 is 21.9 Å². The third kappa shape index (κ3) is 4.49.